The van der Waals surface area contributed by atoms with Crippen LogP contribution in [0.4, 0.5) is 8.78 Å². The maximum atomic E-state index is 13.6. The fourth-order valence-corrected chi connectivity index (χ4v) is 5.72. The number of carbonyl (C=O) groups is 1. The minimum atomic E-state index is -0.271. The average Bonchev–Trinajstić information content (AvgIpc) is 3.54. The van der Waals surface area contributed by atoms with E-state index >= 15 is 0 Å². The molecule has 8 heteroatoms. The van der Waals surface area contributed by atoms with Crippen molar-refractivity contribution in [1.29, 1.82) is 0 Å². The van der Waals surface area contributed by atoms with Gasteiger partial charge in [0, 0.05) is 17.5 Å². The van der Waals surface area contributed by atoms with Gasteiger partial charge in [-0.2, -0.15) is 0 Å². The van der Waals surface area contributed by atoms with Crippen LogP contribution >= 0.6 is 0 Å². The Morgan fingerprint density at radius 2 is 1.41 bits per heavy atom. The van der Waals surface area contributed by atoms with Gasteiger partial charge < -0.3 is 24.8 Å². The van der Waals surface area contributed by atoms with Gasteiger partial charge in [0.05, 0.1) is 21.3 Å². The number of hydrogen-bond acceptors (Lipinski definition) is 5. The van der Waals surface area contributed by atoms with Gasteiger partial charge in [-0.05, 0) is 85.8 Å². The molecule has 2 atom stereocenters. The van der Waals surface area contributed by atoms with Crippen LogP contribution in [-0.2, 0) is 0 Å². The molecule has 6 nitrogen and oxygen atoms in total. The van der Waals surface area contributed by atoms with Crippen LogP contribution in [0.5, 0.6) is 17.2 Å². The van der Waals surface area contributed by atoms with Crippen molar-refractivity contribution < 1.29 is 27.8 Å². The van der Waals surface area contributed by atoms with Crippen LogP contribution in [0.25, 0.3) is 0 Å². The number of ether oxygens (including phenoxy) is 3. The van der Waals surface area contributed by atoms with Crippen LogP contribution < -0.4 is 24.8 Å². The van der Waals surface area contributed by atoms with Crippen molar-refractivity contribution >= 4 is 5.91 Å². The molecule has 220 valence electrons. The summed E-state index contributed by atoms with van der Waals surface area (Å²) in [6.45, 7) is 1.82. The molecule has 0 radical (unpaired) electrons. The second-order valence-corrected chi connectivity index (χ2v) is 10.5. The van der Waals surface area contributed by atoms with Crippen LogP contribution in [0.15, 0.2) is 60.7 Å². The van der Waals surface area contributed by atoms with Crippen molar-refractivity contribution in [3.05, 3.63) is 89.0 Å². The van der Waals surface area contributed by atoms with Crippen molar-refractivity contribution in [3.8, 4) is 17.2 Å². The lowest BCUT2D eigenvalue weighted by atomic mass is 9.86. The van der Waals surface area contributed by atoms with Crippen LogP contribution in [0.1, 0.15) is 65.9 Å². The highest BCUT2D eigenvalue weighted by Gasteiger charge is 2.27. The predicted molar refractivity (Wildman–Crippen MR) is 156 cm³/mol. The zero-order chi connectivity index (χ0) is 29.2. The molecule has 1 saturated heterocycles. The van der Waals surface area contributed by atoms with Gasteiger partial charge in [0.1, 0.15) is 11.6 Å². The van der Waals surface area contributed by atoms with Crippen molar-refractivity contribution in [2.75, 3.05) is 34.4 Å². The molecule has 2 unspecified atom stereocenters. The molecule has 0 saturated carbocycles. The van der Waals surface area contributed by atoms with E-state index in [1.807, 2.05) is 24.3 Å². The minimum absolute atomic E-state index is 0.0292. The third-order valence-corrected chi connectivity index (χ3v) is 7.96. The smallest absolute Gasteiger partial charge is 0.251 e. The number of rotatable bonds is 14. The Kier molecular flexibility index (Phi) is 11.0. The standard InChI is InChI=1S/C33H40F2N2O4/c1-39-30-19-25(20-31(40-2)32(30)41-3)33(38)37-29(24-17-18-36-21-24)8-6-4-5-7-28(22-9-13-26(34)14-10-22)23-11-15-27(35)16-12-23/h9-16,19-20,24,28-29,36H,4-8,17-18,21H2,1-3H3,(H,37,38). The van der Waals surface area contributed by atoms with Gasteiger partial charge >= 0.3 is 0 Å². The van der Waals surface area contributed by atoms with E-state index in [1.54, 1.807) is 12.1 Å². The summed E-state index contributed by atoms with van der Waals surface area (Å²) >= 11 is 0. The lowest BCUT2D eigenvalue weighted by molar-refractivity contribution is 0.0919. The summed E-state index contributed by atoms with van der Waals surface area (Å²) in [5.41, 5.74) is 2.49. The zero-order valence-corrected chi connectivity index (χ0v) is 24.1. The number of hydrogen-bond donors (Lipinski definition) is 2. The Labute approximate surface area is 241 Å². The summed E-state index contributed by atoms with van der Waals surface area (Å²) in [6.07, 6.45) is 5.63. The number of methoxy groups -OCH3 is 3. The molecule has 1 aliphatic rings. The van der Waals surface area contributed by atoms with E-state index in [2.05, 4.69) is 10.6 Å². The molecule has 3 aromatic carbocycles. The Morgan fingerprint density at radius 3 is 1.90 bits per heavy atom. The van der Waals surface area contributed by atoms with Crippen molar-refractivity contribution in [2.45, 2.75) is 50.5 Å². The van der Waals surface area contributed by atoms with E-state index in [-0.39, 0.29) is 29.5 Å². The Balaban J connectivity index is 1.38. The van der Waals surface area contributed by atoms with Gasteiger partial charge in [-0.3, -0.25) is 4.79 Å². The monoisotopic (exact) mass is 566 g/mol. The van der Waals surface area contributed by atoms with Gasteiger partial charge in [0.2, 0.25) is 5.75 Å². The second-order valence-electron chi connectivity index (χ2n) is 10.5. The molecule has 3 aromatic rings. The first-order valence-corrected chi connectivity index (χ1v) is 14.3. The molecule has 1 fully saturated rings. The highest BCUT2D eigenvalue weighted by molar-refractivity contribution is 5.95. The number of nitrogens with one attached hydrogen (secondary N) is 2. The van der Waals surface area contributed by atoms with Crippen molar-refractivity contribution in [1.82, 2.24) is 10.6 Å². The molecule has 0 aliphatic carbocycles. The Morgan fingerprint density at radius 1 is 0.854 bits per heavy atom. The van der Waals surface area contributed by atoms with E-state index in [4.69, 9.17) is 14.2 Å². The maximum absolute atomic E-state index is 13.6. The topological polar surface area (TPSA) is 68.8 Å². The van der Waals surface area contributed by atoms with Gasteiger partial charge in [-0.15, -0.1) is 0 Å². The Bertz CT molecular complexity index is 1190. The van der Waals surface area contributed by atoms with Gasteiger partial charge in [-0.25, -0.2) is 8.78 Å². The van der Waals surface area contributed by atoms with E-state index in [0.717, 1.165) is 62.7 Å². The molecule has 2 N–H and O–H groups in total. The van der Waals surface area contributed by atoms with Gasteiger partial charge in [0.15, 0.2) is 11.5 Å². The lowest BCUT2D eigenvalue weighted by Gasteiger charge is -2.25. The number of carbonyl (C=O) groups excluding carboxylic acids is 1. The van der Waals surface area contributed by atoms with E-state index in [1.165, 1.54) is 45.6 Å². The minimum Gasteiger partial charge on any atom is -0.493 e. The molecular weight excluding hydrogens is 526 g/mol. The molecule has 1 amide bonds. The van der Waals surface area contributed by atoms with Crippen LogP contribution in [-0.4, -0.2) is 46.4 Å². The molecule has 4 rings (SSSR count). The van der Waals surface area contributed by atoms with Gasteiger partial charge in [-0.1, -0.05) is 43.5 Å². The first-order chi connectivity index (χ1) is 19.9. The first-order valence-electron chi connectivity index (χ1n) is 14.3. The fourth-order valence-electron chi connectivity index (χ4n) is 5.72. The zero-order valence-electron chi connectivity index (χ0n) is 24.1. The average molecular weight is 567 g/mol. The third-order valence-electron chi connectivity index (χ3n) is 7.96. The molecule has 41 heavy (non-hydrogen) atoms. The van der Waals surface area contributed by atoms with Crippen molar-refractivity contribution in [2.24, 2.45) is 5.92 Å². The fraction of sp³-hybridized carbons (Fsp3) is 0.424. The molecule has 1 aliphatic heterocycles. The number of unbranched alkanes of at least 4 members (excludes halogenated alkanes) is 2. The van der Waals surface area contributed by atoms with Crippen LogP contribution in [0.2, 0.25) is 0 Å². The first kappa shape index (κ1) is 30.3. The highest BCUT2D eigenvalue weighted by atomic mass is 19.1. The number of amides is 1. The number of halogens is 2. The molecule has 0 aromatic heterocycles. The van der Waals surface area contributed by atoms with Crippen LogP contribution in [0.3, 0.4) is 0 Å². The normalized spacial score (nSPS) is 15.5. The van der Waals surface area contributed by atoms with Crippen molar-refractivity contribution in [3.63, 3.8) is 0 Å². The van der Waals surface area contributed by atoms with E-state index in [0.29, 0.717) is 28.7 Å². The maximum Gasteiger partial charge on any atom is 0.251 e. The third kappa shape index (κ3) is 7.97. The molecular formula is C33H40F2N2O4. The van der Waals surface area contributed by atoms with E-state index < -0.39 is 0 Å². The van der Waals surface area contributed by atoms with E-state index in [9.17, 15) is 13.6 Å². The lowest BCUT2D eigenvalue weighted by Crippen LogP contribution is -2.41. The number of benzene rings is 3. The summed E-state index contributed by atoms with van der Waals surface area (Å²) in [7, 11) is 4.59. The highest BCUT2D eigenvalue weighted by Crippen LogP contribution is 2.38. The summed E-state index contributed by atoms with van der Waals surface area (Å²) < 4.78 is 43.4. The van der Waals surface area contributed by atoms with Crippen LogP contribution in [0, 0.1) is 17.6 Å². The molecule has 0 spiro atoms. The Hall–Kier alpha value is -3.65. The molecule has 0 bridgehead atoms. The summed E-state index contributed by atoms with van der Waals surface area (Å²) in [5.74, 6) is 1.02. The SMILES string of the molecule is COc1cc(C(=O)NC(CCCCCC(c2ccc(F)cc2)c2ccc(F)cc2)C2CCNC2)cc(OC)c1OC. The quantitative estimate of drug-likeness (QED) is 0.219. The summed E-state index contributed by atoms with van der Waals surface area (Å²) in [5, 5.41) is 6.69. The second kappa shape index (κ2) is 14.8. The molecule has 1 heterocycles. The largest absolute Gasteiger partial charge is 0.493 e. The van der Waals surface area contributed by atoms with Gasteiger partial charge in [0.25, 0.3) is 5.91 Å². The predicted octanol–water partition coefficient (Wildman–Crippen LogP) is 6.48. The summed E-state index contributed by atoms with van der Waals surface area (Å²) in [4.78, 5) is 13.4. The summed E-state index contributed by atoms with van der Waals surface area (Å²) in [6, 6.07) is 16.5.